The van der Waals surface area contributed by atoms with Gasteiger partial charge in [-0.1, -0.05) is 5.16 Å². The smallest absolute Gasteiger partial charge is 0.142 e. The molecule has 6 rings (SSSR count). The number of aryl methyl sites for hydroxylation is 4. The molecule has 34 heavy (non-hydrogen) atoms. The number of nitrogens with one attached hydrogen (secondary N) is 1. The van der Waals surface area contributed by atoms with Crippen LogP contribution in [0.4, 0.5) is 0 Å². The molecule has 1 N–H and O–H groups in total. The van der Waals surface area contributed by atoms with Gasteiger partial charge in [-0.2, -0.15) is 5.10 Å². The number of methoxy groups -OCH3 is 1. The first-order chi connectivity index (χ1) is 16.4. The minimum absolute atomic E-state index is 0.503. The molecule has 174 valence electrons. The molecule has 4 heterocycles. The molecule has 1 aromatic carbocycles. The Morgan fingerprint density at radius 1 is 1.15 bits per heavy atom. The van der Waals surface area contributed by atoms with Crippen LogP contribution in [-0.2, 0) is 6.42 Å². The summed E-state index contributed by atoms with van der Waals surface area (Å²) >= 11 is 0. The summed E-state index contributed by atoms with van der Waals surface area (Å²) in [7, 11) is 1.69. The summed E-state index contributed by atoms with van der Waals surface area (Å²) in [6.07, 6.45) is 6.36. The fourth-order valence-corrected chi connectivity index (χ4v) is 5.18. The zero-order valence-corrected chi connectivity index (χ0v) is 20.2. The van der Waals surface area contributed by atoms with Crippen LogP contribution in [0.15, 0.2) is 22.9 Å². The average Bonchev–Trinajstić information content (AvgIpc) is 3.41. The fraction of sp³-hybridized carbons (Fsp3) is 0.385. The Morgan fingerprint density at radius 2 is 1.97 bits per heavy atom. The first kappa shape index (κ1) is 20.9. The minimum Gasteiger partial charge on any atom is -0.496 e. The predicted octanol–water partition coefficient (Wildman–Crippen LogP) is 5.52. The number of aromatic amines is 1. The normalized spacial score (nSPS) is 14.3. The standard InChI is InChI=1S/C26H28N6O2/c1-13-12-27-32(17-7-6-8-17)22(13)11-21-25-18-10-23(33-5)19(24-14(2)31-34-15(24)3)9-20(18)30-26(25)29-16(4)28-21/h9-10,12,17H,6-8,11H2,1-5H3,(H,28,29,30). The summed E-state index contributed by atoms with van der Waals surface area (Å²) in [6.45, 7) is 7.95. The third-order valence-corrected chi connectivity index (χ3v) is 7.12. The lowest BCUT2D eigenvalue weighted by atomic mass is 9.92. The topological polar surface area (TPSA) is 94.7 Å². The van der Waals surface area contributed by atoms with Crippen molar-refractivity contribution in [3.8, 4) is 16.9 Å². The molecule has 0 atom stereocenters. The van der Waals surface area contributed by atoms with Gasteiger partial charge in [0, 0.05) is 34.0 Å². The van der Waals surface area contributed by atoms with E-state index in [2.05, 4.69) is 33.9 Å². The van der Waals surface area contributed by atoms with Gasteiger partial charge in [0.15, 0.2) is 0 Å². The molecule has 0 bridgehead atoms. The van der Waals surface area contributed by atoms with Gasteiger partial charge in [-0.25, -0.2) is 9.97 Å². The van der Waals surface area contributed by atoms with Crippen LogP contribution in [0.1, 0.15) is 59.5 Å². The number of nitrogens with zero attached hydrogens (tertiary/aromatic N) is 5. The van der Waals surface area contributed by atoms with E-state index < -0.39 is 0 Å². The molecule has 1 aliphatic rings. The highest BCUT2D eigenvalue weighted by molar-refractivity contribution is 6.09. The monoisotopic (exact) mass is 456 g/mol. The van der Waals surface area contributed by atoms with Crippen molar-refractivity contribution in [2.75, 3.05) is 7.11 Å². The van der Waals surface area contributed by atoms with Crippen molar-refractivity contribution in [1.82, 2.24) is 29.9 Å². The Morgan fingerprint density at radius 3 is 2.65 bits per heavy atom. The number of aromatic nitrogens is 6. The zero-order valence-electron chi connectivity index (χ0n) is 20.2. The van der Waals surface area contributed by atoms with Crippen molar-refractivity contribution in [3.05, 3.63) is 52.6 Å². The average molecular weight is 457 g/mol. The molecule has 8 nitrogen and oxygen atoms in total. The lowest BCUT2D eigenvalue weighted by Crippen LogP contribution is -2.21. The molecule has 5 aromatic rings. The van der Waals surface area contributed by atoms with Crippen molar-refractivity contribution < 1.29 is 9.26 Å². The van der Waals surface area contributed by atoms with Crippen molar-refractivity contribution in [3.63, 3.8) is 0 Å². The van der Waals surface area contributed by atoms with Crippen LogP contribution in [0.5, 0.6) is 5.75 Å². The summed E-state index contributed by atoms with van der Waals surface area (Å²) in [5.41, 5.74) is 8.00. The first-order valence-corrected chi connectivity index (χ1v) is 11.8. The molecular weight excluding hydrogens is 428 g/mol. The number of hydrogen-bond acceptors (Lipinski definition) is 6. The third-order valence-electron chi connectivity index (χ3n) is 7.12. The summed E-state index contributed by atoms with van der Waals surface area (Å²) in [4.78, 5) is 13.2. The number of benzene rings is 1. The van der Waals surface area contributed by atoms with E-state index in [1.54, 1.807) is 7.11 Å². The summed E-state index contributed by atoms with van der Waals surface area (Å²) in [5.74, 6) is 2.28. The van der Waals surface area contributed by atoms with E-state index >= 15 is 0 Å². The Labute approximate surface area is 197 Å². The summed E-state index contributed by atoms with van der Waals surface area (Å²) < 4.78 is 13.5. The number of hydrogen-bond donors (Lipinski definition) is 1. The van der Waals surface area contributed by atoms with Crippen LogP contribution in [0.3, 0.4) is 0 Å². The van der Waals surface area contributed by atoms with Crippen LogP contribution >= 0.6 is 0 Å². The van der Waals surface area contributed by atoms with Gasteiger partial charge in [0.25, 0.3) is 0 Å². The molecule has 0 saturated heterocycles. The van der Waals surface area contributed by atoms with Gasteiger partial charge in [0.2, 0.25) is 0 Å². The maximum Gasteiger partial charge on any atom is 0.142 e. The van der Waals surface area contributed by atoms with Gasteiger partial charge in [-0.15, -0.1) is 0 Å². The van der Waals surface area contributed by atoms with Gasteiger partial charge < -0.3 is 14.2 Å². The van der Waals surface area contributed by atoms with Crippen molar-refractivity contribution in [1.29, 1.82) is 0 Å². The molecule has 0 unspecified atom stereocenters. The summed E-state index contributed by atoms with van der Waals surface area (Å²) in [6, 6.07) is 4.68. The Bertz CT molecular complexity index is 1530. The number of ether oxygens (including phenoxy) is 1. The second-order valence-corrected chi connectivity index (χ2v) is 9.34. The van der Waals surface area contributed by atoms with Gasteiger partial charge >= 0.3 is 0 Å². The van der Waals surface area contributed by atoms with E-state index in [0.29, 0.717) is 12.5 Å². The fourth-order valence-electron chi connectivity index (χ4n) is 5.18. The molecule has 4 aromatic heterocycles. The molecule has 1 aliphatic carbocycles. The van der Waals surface area contributed by atoms with Crippen molar-refractivity contribution >= 4 is 21.9 Å². The highest BCUT2D eigenvalue weighted by atomic mass is 16.5. The molecule has 8 heteroatoms. The second kappa shape index (κ2) is 7.68. The highest BCUT2D eigenvalue weighted by Gasteiger charge is 2.25. The number of H-pyrrole nitrogens is 1. The second-order valence-electron chi connectivity index (χ2n) is 9.34. The maximum atomic E-state index is 5.83. The molecule has 0 amide bonds. The van der Waals surface area contributed by atoms with E-state index in [9.17, 15) is 0 Å². The molecule has 0 aliphatic heterocycles. The van der Waals surface area contributed by atoms with E-state index in [1.165, 1.54) is 30.5 Å². The third kappa shape index (κ3) is 3.12. The first-order valence-electron chi connectivity index (χ1n) is 11.8. The van der Waals surface area contributed by atoms with Gasteiger partial charge in [0.1, 0.15) is 23.0 Å². The van der Waals surface area contributed by atoms with Crippen LogP contribution in [0.25, 0.3) is 33.1 Å². The lowest BCUT2D eigenvalue weighted by Gasteiger charge is -2.27. The summed E-state index contributed by atoms with van der Waals surface area (Å²) in [5, 5.41) is 10.9. The molecule has 0 radical (unpaired) electrons. The Kier molecular flexibility index (Phi) is 4.72. The van der Waals surface area contributed by atoms with Crippen molar-refractivity contribution in [2.24, 2.45) is 0 Å². The molecule has 1 saturated carbocycles. The number of fused-ring (bicyclic) bond motifs is 3. The van der Waals surface area contributed by atoms with Crippen LogP contribution in [-0.4, -0.2) is 37.0 Å². The van der Waals surface area contributed by atoms with Crippen LogP contribution in [0, 0.1) is 27.7 Å². The van der Waals surface area contributed by atoms with Crippen LogP contribution in [0.2, 0.25) is 0 Å². The zero-order chi connectivity index (χ0) is 23.6. The largest absolute Gasteiger partial charge is 0.496 e. The number of rotatable bonds is 5. The molecule has 0 spiro atoms. The molecular formula is C26H28N6O2. The SMILES string of the molecule is COc1cc2c(cc1-c1c(C)noc1C)[nH]c1nc(C)nc(Cc3c(C)cnn3C3CCC3)c12. The van der Waals surface area contributed by atoms with Crippen molar-refractivity contribution in [2.45, 2.75) is 59.4 Å². The predicted molar refractivity (Wildman–Crippen MR) is 130 cm³/mol. The maximum absolute atomic E-state index is 5.83. The van der Waals surface area contributed by atoms with E-state index in [4.69, 9.17) is 24.3 Å². The Hall–Kier alpha value is -3.68. The minimum atomic E-state index is 0.503. The molecule has 1 fully saturated rings. The Balaban J connectivity index is 1.56. The highest BCUT2D eigenvalue weighted by Crippen LogP contribution is 2.40. The van der Waals surface area contributed by atoms with Gasteiger partial charge in [-0.3, -0.25) is 4.68 Å². The van der Waals surface area contributed by atoms with Gasteiger partial charge in [0.05, 0.1) is 36.3 Å². The van der Waals surface area contributed by atoms with Crippen LogP contribution < -0.4 is 4.74 Å². The lowest BCUT2D eigenvalue weighted by molar-refractivity contribution is 0.283. The van der Waals surface area contributed by atoms with E-state index in [1.807, 2.05) is 27.0 Å². The quantitative estimate of drug-likeness (QED) is 0.374. The van der Waals surface area contributed by atoms with E-state index in [-0.39, 0.29) is 0 Å². The van der Waals surface area contributed by atoms with E-state index in [0.717, 1.165) is 61.8 Å². The van der Waals surface area contributed by atoms with Gasteiger partial charge in [-0.05, 0) is 64.7 Å².